The second-order valence-electron chi connectivity index (χ2n) is 23.1. The molecule has 442 valence electrons. The van der Waals surface area contributed by atoms with E-state index in [2.05, 4.69) is 45.1 Å². The Balaban J connectivity index is 4.22. The van der Waals surface area contributed by atoms with Crippen LogP contribution in [0.2, 0.25) is 0 Å². The number of hydrogen-bond acceptors (Lipinski definition) is 6. The smallest absolute Gasteiger partial charge is 0.306 e. The van der Waals surface area contributed by atoms with Gasteiger partial charge in [0.15, 0.2) is 6.10 Å². The van der Waals surface area contributed by atoms with E-state index in [1.807, 2.05) is 0 Å². The van der Waals surface area contributed by atoms with E-state index in [4.69, 9.17) is 14.2 Å². The highest BCUT2D eigenvalue weighted by Gasteiger charge is 2.19. The molecule has 0 radical (unpaired) electrons. The van der Waals surface area contributed by atoms with Crippen molar-refractivity contribution in [3.8, 4) is 0 Å². The lowest BCUT2D eigenvalue weighted by Crippen LogP contribution is -2.30. The molecule has 0 N–H and O–H groups in total. The number of rotatable bonds is 63. The molecule has 0 bridgehead atoms. The zero-order chi connectivity index (χ0) is 54.3. The lowest BCUT2D eigenvalue weighted by atomic mass is 10.0. The Morgan fingerprint density at radius 3 is 0.667 bits per heavy atom. The molecule has 0 spiro atoms. The molecule has 6 nitrogen and oxygen atoms in total. The number of carbonyl (C=O) groups excluding carboxylic acids is 3. The van der Waals surface area contributed by atoms with Gasteiger partial charge < -0.3 is 14.2 Å². The summed E-state index contributed by atoms with van der Waals surface area (Å²) < 4.78 is 17.0. The van der Waals surface area contributed by atoms with Crippen LogP contribution in [0.4, 0.5) is 0 Å². The number of hydrogen-bond donors (Lipinski definition) is 0. The summed E-state index contributed by atoms with van der Waals surface area (Å²) in [6.07, 6.45) is 77.7. The van der Waals surface area contributed by atoms with Crippen LogP contribution >= 0.6 is 0 Å². The van der Waals surface area contributed by atoms with Gasteiger partial charge in [0.2, 0.25) is 0 Å². The molecule has 0 aromatic carbocycles. The molecule has 0 aliphatic rings. The van der Waals surface area contributed by atoms with E-state index in [9.17, 15) is 14.4 Å². The maximum absolute atomic E-state index is 12.9. The number of ether oxygens (including phenoxy) is 3. The molecule has 0 aromatic rings. The first-order chi connectivity index (χ1) is 37.0. The van der Waals surface area contributed by atoms with E-state index in [1.165, 1.54) is 276 Å². The third kappa shape index (κ3) is 62.6. The van der Waals surface area contributed by atoms with Crippen molar-refractivity contribution in [2.45, 2.75) is 386 Å². The van der Waals surface area contributed by atoms with Crippen LogP contribution < -0.4 is 0 Å². The lowest BCUT2D eigenvalue weighted by molar-refractivity contribution is -0.167. The van der Waals surface area contributed by atoms with Gasteiger partial charge in [-0.1, -0.05) is 315 Å². The van der Waals surface area contributed by atoms with Gasteiger partial charge >= 0.3 is 17.9 Å². The molecule has 1 atom stereocenters. The number of unbranched alkanes of at least 4 members (excludes halogenated alkanes) is 48. The lowest BCUT2D eigenvalue weighted by Gasteiger charge is -2.18. The molecule has 6 heteroatoms. The molecule has 1 unspecified atom stereocenters. The maximum Gasteiger partial charge on any atom is 0.306 e. The Hall–Kier alpha value is -2.11. The van der Waals surface area contributed by atoms with Crippen LogP contribution in [0.5, 0.6) is 0 Å². The minimum absolute atomic E-state index is 0.0706. The number of esters is 3. The highest BCUT2D eigenvalue weighted by molar-refractivity contribution is 5.71. The molecule has 0 fully saturated rings. The Labute approximate surface area is 468 Å². The Morgan fingerprint density at radius 2 is 0.440 bits per heavy atom. The Morgan fingerprint density at radius 1 is 0.253 bits per heavy atom. The molecule has 0 rings (SSSR count). The first-order valence-electron chi connectivity index (χ1n) is 33.8. The van der Waals surface area contributed by atoms with Crippen molar-refractivity contribution in [3.63, 3.8) is 0 Å². The van der Waals surface area contributed by atoms with Crippen molar-refractivity contribution >= 4 is 17.9 Å². The standard InChI is InChI=1S/C69H130O6/c1-4-7-10-13-16-19-22-25-28-30-31-32-33-34-35-36-37-38-40-41-44-47-50-53-56-59-62-68(71)74-65-66(64-73-67(70)61-58-55-52-49-46-43-27-24-21-18-15-12-9-6-3)75-69(72)63-60-57-54-51-48-45-42-39-29-26-23-20-17-14-11-8-5-2/h24,26-27,29,66H,4-23,25,28,30-65H2,1-3H3/b27-24-,29-26-. The fraction of sp³-hybridized carbons (Fsp3) is 0.899. The van der Waals surface area contributed by atoms with Crippen LogP contribution in [-0.4, -0.2) is 37.2 Å². The van der Waals surface area contributed by atoms with E-state index < -0.39 is 6.10 Å². The van der Waals surface area contributed by atoms with Gasteiger partial charge in [-0.3, -0.25) is 14.4 Å². The van der Waals surface area contributed by atoms with Crippen LogP contribution in [0.25, 0.3) is 0 Å². The number of allylic oxidation sites excluding steroid dienone is 4. The summed E-state index contributed by atoms with van der Waals surface area (Å²) in [5, 5.41) is 0. The van der Waals surface area contributed by atoms with Crippen molar-refractivity contribution in [1.29, 1.82) is 0 Å². The predicted octanol–water partition coefficient (Wildman–Crippen LogP) is 23.0. The minimum atomic E-state index is -0.774. The topological polar surface area (TPSA) is 78.9 Å². The third-order valence-corrected chi connectivity index (χ3v) is 15.4. The second kappa shape index (κ2) is 64.4. The van der Waals surface area contributed by atoms with Crippen LogP contribution in [-0.2, 0) is 28.6 Å². The SMILES string of the molecule is CCCCCCC/C=C\CCCCCCCC(=O)OCC(COC(=O)CCCCCCCCCCCCCCCCCCCCCCCCCCCC)OC(=O)CCCCCCCCC/C=C\CCCCCCCC. The van der Waals surface area contributed by atoms with Crippen molar-refractivity contribution < 1.29 is 28.6 Å². The van der Waals surface area contributed by atoms with E-state index in [0.29, 0.717) is 19.3 Å². The van der Waals surface area contributed by atoms with Crippen LogP contribution in [0.15, 0.2) is 24.3 Å². The first-order valence-corrected chi connectivity index (χ1v) is 33.8. The van der Waals surface area contributed by atoms with E-state index in [0.717, 1.165) is 64.2 Å². The average Bonchev–Trinajstić information content (AvgIpc) is 3.41. The monoisotopic (exact) mass is 1050 g/mol. The quantitative estimate of drug-likeness (QED) is 0.0261. The van der Waals surface area contributed by atoms with Gasteiger partial charge in [-0.2, -0.15) is 0 Å². The molecule has 0 aromatic heterocycles. The van der Waals surface area contributed by atoms with Gasteiger partial charge in [-0.05, 0) is 70.6 Å². The zero-order valence-corrected chi connectivity index (χ0v) is 50.8. The molecule has 0 heterocycles. The van der Waals surface area contributed by atoms with Crippen molar-refractivity contribution in [1.82, 2.24) is 0 Å². The van der Waals surface area contributed by atoms with Gasteiger partial charge in [-0.25, -0.2) is 0 Å². The van der Waals surface area contributed by atoms with Gasteiger partial charge in [-0.15, -0.1) is 0 Å². The van der Waals surface area contributed by atoms with E-state index in [1.54, 1.807) is 0 Å². The summed E-state index contributed by atoms with van der Waals surface area (Å²) in [5.41, 5.74) is 0. The van der Waals surface area contributed by atoms with Crippen molar-refractivity contribution in [3.05, 3.63) is 24.3 Å². The second-order valence-corrected chi connectivity index (χ2v) is 23.1. The highest BCUT2D eigenvalue weighted by Crippen LogP contribution is 2.18. The van der Waals surface area contributed by atoms with Crippen molar-refractivity contribution in [2.75, 3.05) is 13.2 Å². The van der Waals surface area contributed by atoms with Crippen molar-refractivity contribution in [2.24, 2.45) is 0 Å². The summed E-state index contributed by atoms with van der Waals surface area (Å²) in [5.74, 6) is -0.857. The van der Waals surface area contributed by atoms with Gasteiger partial charge in [0.05, 0.1) is 0 Å². The summed E-state index contributed by atoms with van der Waals surface area (Å²) in [6, 6.07) is 0. The predicted molar refractivity (Wildman–Crippen MR) is 326 cm³/mol. The van der Waals surface area contributed by atoms with E-state index >= 15 is 0 Å². The normalized spacial score (nSPS) is 12.1. The molecular weight excluding hydrogens is 925 g/mol. The summed E-state index contributed by atoms with van der Waals surface area (Å²) in [7, 11) is 0. The molecule has 75 heavy (non-hydrogen) atoms. The average molecular weight is 1060 g/mol. The Kier molecular flexibility index (Phi) is 62.6. The van der Waals surface area contributed by atoms with Crippen LogP contribution in [0.1, 0.15) is 380 Å². The molecule has 0 amide bonds. The third-order valence-electron chi connectivity index (χ3n) is 15.4. The number of carbonyl (C=O) groups is 3. The van der Waals surface area contributed by atoms with Crippen LogP contribution in [0, 0.1) is 0 Å². The molecule has 0 saturated carbocycles. The minimum Gasteiger partial charge on any atom is -0.462 e. The molecule has 0 aliphatic carbocycles. The zero-order valence-electron chi connectivity index (χ0n) is 50.8. The Bertz CT molecular complexity index is 1210. The fourth-order valence-corrected chi connectivity index (χ4v) is 10.3. The van der Waals surface area contributed by atoms with Gasteiger partial charge in [0.1, 0.15) is 13.2 Å². The summed E-state index contributed by atoms with van der Waals surface area (Å²) in [6.45, 7) is 6.69. The fourth-order valence-electron chi connectivity index (χ4n) is 10.3. The van der Waals surface area contributed by atoms with E-state index in [-0.39, 0.29) is 31.1 Å². The molecule has 0 saturated heterocycles. The maximum atomic E-state index is 12.9. The largest absolute Gasteiger partial charge is 0.462 e. The van der Waals surface area contributed by atoms with Gasteiger partial charge in [0.25, 0.3) is 0 Å². The summed E-state index contributed by atoms with van der Waals surface area (Å²) >= 11 is 0. The highest BCUT2D eigenvalue weighted by atomic mass is 16.6. The molecular formula is C69H130O6. The molecule has 0 aliphatic heterocycles. The summed E-state index contributed by atoms with van der Waals surface area (Å²) in [4.78, 5) is 38.3. The first kappa shape index (κ1) is 72.9. The van der Waals surface area contributed by atoms with Crippen LogP contribution in [0.3, 0.4) is 0 Å². The van der Waals surface area contributed by atoms with Gasteiger partial charge in [0, 0.05) is 19.3 Å².